The summed E-state index contributed by atoms with van der Waals surface area (Å²) < 4.78 is 31.7. The molecule has 0 bridgehead atoms. The van der Waals surface area contributed by atoms with E-state index in [1.54, 1.807) is 18.2 Å². The average molecular weight is 257 g/mol. The molecule has 1 aromatic carbocycles. The highest BCUT2D eigenvalue weighted by Gasteiger charge is 2.48. The Balaban J connectivity index is 2.33. The summed E-state index contributed by atoms with van der Waals surface area (Å²) >= 11 is 0. The van der Waals surface area contributed by atoms with E-state index < -0.39 is 30.1 Å². The van der Waals surface area contributed by atoms with Gasteiger partial charge in [-0.05, 0) is 6.07 Å². The molecule has 0 spiro atoms. The smallest absolute Gasteiger partial charge is 0.128 e. The molecule has 1 aliphatic rings. The first-order chi connectivity index (χ1) is 8.63. The van der Waals surface area contributed by atoms with Crippen LogP contribution in [0.5, 0.6) is 0 Å². The second-order valence-corrected chi connectivity index (χ2v) is 4.64. The lowest BCUT2D eigenvalue weighted by Crippen LogP contribution is -2.47. The zero-order chi connectivity index (χ0) is 13.2. The molecule has 0 radical (unpaired) electrons. The van der Waals surface area contributed by atoms with Crippen molar-refractivity contribution in [2.75, 3.05) is 19.9 Å². The van der Waals surface area contributed by atoms with Crippen molar-refractivity contribution in [2.45, 2.75) is 18.1 Å². The number of hydrogen-bond donors (Lipinski definition) is 2. The van der Waals surface area contributed by atoms with E-state index in [4.69, 9.17) is 10.5 Å². The van der Waals surface area contributed by atoms with Gasteiger partial charge in [-0.15, -0.1) is 0 Å². The van der Waals surface area contributed by atoms with Crippen LogP contribution >= 0.6 is 0 Å². The topological polar surface area (TPSA) is 55.5 Å². The number of ether oxygens (including phenoxy) is 1. The Hall–Kier alpha value is -1.04. The molecule has 3 atom stereocenters. The minimum Gasteiger partial charge on any atom is -0.396 e. The fourth-order valence-corrected chi connectivity index (χ4v) is 2.59. The fourth-order valence-electron chi connectivity index (χ4n) is 2.59. The summed E-state index contributed by atoms with van der Waals surface area (Å²) in [6, 6.07) is 6.16. The van der Waals surface area contributed by atoms with Gasteiger partial charge in [0, 0.05) is 17.9 Å². The highest BCUT2D eigenvalue weighted by Crippen LogP contribution is 2.39. The first kappa shape index (κ1) is 13.4. The summed E-state index contributed by atoms with van der Waals surface area (Å²) in [5.74, 6) is -0.923. The molecule has 1 fully saturated rings. The summed E-state index contributed by atoms with van der Waals surface area (Å²) in [6.07, 6.45) is -0.303. The quantitative estimate of drug-likeness (QED) is 0.856. The predicted molar refractivity (Wildman–Crippen MR) is 63.2 cm³/mol. The van der Waals surface area contributed by atoms with Gasteiger partial charge in [0.2, 0.25) is 0 Å². The molecule has 0 amide bonds. The van der Waals surface area contributed by atoms with Crippen LogP contribution in [0.25, 0.3) is 0 Å². The van der Waals surface area contributed by atoms with E-state index >= 15 is 0 Å². The van der Waals surface area contributed by atoms with Gasteiger partial charge in [-0.3, -0.25) is 4.39 Å². The standard InChI is InChI=1S/C13H17F2NO2/c14-6-5-12-10(7-17)13(16,8-18-12)9-3-1-2-4-11(9)15/h1-4,10,12,17H,5-8,16H2/t10-,12-,13-/m1/s1. The Labute approximate surface area is 105 Å². The van der Waals surface area contributed by atoms with E-state index in [0.29, 0.717) is 5.56 Å². The molecule has 3 nitrogen and oxygen atoms in total. The van der Waals surface area contributed by atoms with Gasteiger partial charge in [0.25, 0.3) is 0 Å². The lowest BCUT2D eigenvalue weighted by atomic mass is 9.78. The van der Waals surface area contributed by atoms with Crippen molar-refractivity contribution >= 4 is 0 Å². The first-order valence-electron chi connectivity index (χ1n) is 5.95. The fraction of sp³-hybridized carbons (Fsp3) is 0.538. The van der Waals surface area contributed by atoms with Crippen molar-refractivity contribution in [3.63, 3.8) is 0 Å². The number of nitrogens with two attached hydrogens (primary N) is 1. The van der Waals surface area contributed by atoms with Crippen LogP contribution in [0.1, 0.15) is 12.0 Å². The Morgan fingerprint density at radius 1 is 1.44 bits per heavy atom. The Bertz CT molecular complexity index is 416. The maximum atomic E-state index is 13.8. The van der Waals surface area contributed by atoms with Gasteiger partial charge < -0.3 is 15.6 Å². The molecule has 0 unspecified atom stereocenters. The van der Waals surface area contributed by atoms with Crippen molar-refractivity contribution in [2.24, 2.45) is 11.7 Å². The summed E-state index contributed by atoms with van der Waals surface area (Å²) in [4.78, 5) is 0. The molecule has 0 saturated carbocycles. The molecule has 5 heteroatoms. The molecule has 0 aliphatic carbocycles. The molecular weight excluding hydrogens is 240 g/mol. The number of aliphatic hydroxyl groups excluding tert-OH is 1. The van der Waals surface area contributed by atoms with Gasteiger partial charge in [0.05, 0.1) is 31.5 Å². The van der Waals surface area contributed by atoms with E-state index in [9.17, 15) is 13.9 Å². The van der Waals surface area contributed by atoms with Crippen LogP contribution in [-0.4, -0.2) is 31.1 Å². The molecule has 0 aromatic heterocycles. The lowest BCUT2D eigenvalue weighted by Gasteiger charge is -2.31. The van der Waals surface area contributed by atoms with Crippen molar-refractivity contribution in [3.05, 3.63) is 35.6 Å². The number of rotatable bonds is 4. The minimum absolute atomic E-state index is 0.0871. The molecule has 100 valence electrons. The molecule has 18 heavy (non-hydrogen) atoms. The van der Waals surface area contributed by atoms with Crippen molar-refractivity contribution < 1.29 is 18.6 Å². The predicted octanol–water partition coefficient (Wildman–Crippen LogP) is 1.35. The third-order valence-electron chi connectivity index (χ3n) is 3.61. The SMILES string of the molecule is N[C@@]1(c2ccccc2F)CO[C@H](CCF)[C@H]1CO. The normalized spacial score (nSPS) is 31.8. The number of hydrogen-bond acceptors (Lipinski definition) is 3. The molecule has 1 aromatic rings. The van der Waals surface area contributed by atoms with Crippen LogP contribution in [0.2, 0.25) is 0 Å². The van der Waals surface area contributed by atoms with Crippen molar-refractivity contribution in [1.29, 1.82) is 0 Å². The van der Waals surface area contributed by atoms with Crippen LogP contribution in [0.4, 0.5) is 8.78 Å². The van der Waals surface area contributed by atoms with E-state index in [0.717, 1.165) is 0 Å². The van der Waals surface area contributed by atoms with Crippen molar-refractivity contribution in [1.82, 2.24) is 0 Å². The second-order valence-electron chi connectivity index (χ2n) is 4.64. The van der Waals surface area contributed by atoms with E-state index in [2.05, 4.69) is 0 Å². The van der Waals surface area contributed by atoms with Crippen LogP contribution in [0.15, 0.2) is 24.3 Å². The summed E-state index contributed by atoms with van der Waals surface area (Å²) in [5.41, 5.74) is 5.42. The highest BCUT2D eigenvalue weighted by atomic mass is 19.1. The first-order valence-corrected chi connectivity index (χ1v) is 5.95. The maximum Gasteiger partial charge on any atom is 0.128 e. The molecule has 1 heterocycles. The van der Waals surface area contributed by atoms with Crippen molar-refractivity contribution in [3.8, 4) is 0 Å². The highest BCUT2D eigenvalue weighted by molar-refractivity contribution is 5.29. The third-order valence-corrected chi connectivity index (χ3v) is 3.61. The van der Waals surface area contributed by atoms with Gasteiger partial charge >= 0.3 is 0 Å². The Kier molecular flexibility index (Phi) is 3.94. The number of benzene rings is 1. The zero-order valence-corrected chi connectivity index (χ0v) is 9.98. The van der Waals surface area contributed by atoms with Gasteiger partial charge in [-0.25, -0.2) is 4.39 Å². The van der Waals surface area contributed by atoms with Gasteiger partial charge in [0.15, 0.2) is 0 Å². The minimum atomic E-state index is -1.10. The monoisotopic (exact) mass is 257 g/mol. The molecule has 1 aliphatic heterocycles. The zero-order valence-electron chi connectivity index (χ0n) is 9.98. The van der Waals surface area contributed by atoms with Gasteiger partial charge in [-0.2, -0.15) is 0 Å². The lowest BCUT2D eigenvalue weighted by molar-refractivity contribution is 0.0605. The summed E-state index contributed by atoms with van der Waals surface area (Å²) in [6.45, 7) is -0.714. The third kappa shape index (κ3) is 2.13. The molecule has 3 N–H and O–H groups in total. The van der Waals surface area contributed by atoms with E-state index in [1.165, 1.54) is 6.07 Å². The Morgan fingerprint density at radius 3 is 2.78 bits per heavy atom. The maximum absolute atomic E-state index is 13.8. The number of alkyl halides is 1. The Morgan fingerprint density at radius 2 is 2.17 bits per heavy atom. The number of aliphatic hydroxyl groups is 1. The summed E-state index contributed by atoms with van der Waals surface area (Å²) in [7, 11) is 0. The van der Waals surface area contributed by atoms with E-state index in [-0.39, 0.29) is 19.6 Å². The molecule has 2 rings (SSSR count). The molecular formula is C13H17F2NO2. The summed E-state index contributed by atoms with van der Waals surface area (Å²) in [5, 5.41) is 9.45. The van der Waals surface area contributed by atoms with Crippen LogP contribution in [-0.2, 0) is 10.3 Å². The number of halogens is 2. The van der Waals surface area contributed by atoms with E-state index in [1.807, 2.05) is 0 Å². The van der Waals surface area contributed by atoms with Crippen LogP contribution < -0.4 is 5.73 Å². The largest absolute Gasteiger partial charge is 0.396 e. The second kappa shape index (κ2) is 5.30. The molecule has 1 saturated heterocycles. The van der Waals surface area contributed by atoms with Crippen LogP contribution in [0, 0.1) is 11.7 Å². The van der Waals surface area contributed by atoms with Crippen LogP contribution in [0.3, 0.4) is 0 Å². The van der Waals surface area contributed by atoms with Gasteiger partial charge in [-0.1, -0.05) is 18.2 Å². The van der Waals surface area contributed by atoms with Gasteiger partial charge in [0.1, 0.15) is 5.82 Å². The average Bonchev–Trinajstić information content (AvgIpc) is 2.68.